The number of aromatic nitrogens is 2. The highest BCUT2D eigenvalue weighted by molar-refractivity contribution is 6.31. The Morgan fingerprint density at radius 3 is 2.72 bits per heavy atom. The Bertz CT molecular complexity index is 689. The molecule has 0 fully saturated rings. The molecule has 4 heteroatoms. The molecule has 2 heterocycles. The SMILES string of the molecule is CC[n+]1ccc(-c2nc3cc(Cl)ccc3o2)cc1. The number of halogens is 1. The third-order valence-corrected chi connectivity index (χ3v) is 3.09. The summed E-state index contributed by atoms with van der Waals surface area (Å²) in [5, 5.41) is 0.666. The molecule has 0 saturated carbocycles. The normalized spacial score (nSPS) is 11.0. The van der Waals surface area contributed by atoms with Gasteiger partial charge in [-0.15, -0.1) is 0 Å². The molecule has 0 atom stereocenters. The first-order chi connectivity index (χ1) is 8.76. The van der Waals surface area contributed by atoms with E-state index in [4.69, 9.17) is 16.0 Å². The highest BCUT2D eigenvalue weighted by Gasteiger charge is 2.09. The molecule has 0 spiro atoms. The number of hydrogen-bond donors (Lipinski definition) is 0. The molecule has 0 bridgehead atoms. The summed E-state index contributed by atoms with van der Waals surface area (Å²) in [6.07, 6.45) is 4.02. The van der Waals surface area contributed by atoms with E-state index in [1.54, 1.807) is 12.1 Å². The summed E-state index contributed by atoms with van der Waals surface area (Å²) in [6.45, 7) is 3.05. The number of benzene rings is 1. The molecule has 0 aliphatic heterocycles. The maximum atomic E-state index is 5.93. The number of pyridine rings is 1. The van der Waals surface area contributed by atoms with Gasteiger partial charge >= 0.3 is 0 Å². The van der Waals surface area contributed by atoms with Gasteiger partial charge in [-0.25, -0.2) is 9.55 Å². The highest BCUT2D eigenvalue weighted by atomic mass is 35.5. The van der Waals surface area contributed by atoms with Crippen molar-refractivity contribution in [3.8, 4) is 11.5 Å². The minimum atomic E-state index is 0.621. The zero-order valence-electron chi connectivity index (χ0n) is 9.93. The van der Waals surface area contributed by atoms with Gasteiger partial charge in [0.1, 0.15) is 12.1 Å². The lowest BCUT2D eigenvalue weighted by Gasteiger charge is -1.93. The monoisotopic (exact) mass is 259 g/mol. The summed E-state index contributed by atoms with van der Waals surface area (Å²) >= 11 is 5.93. The van der Waals surface area contributed by atoms with Crippen LogP contribution in [0.3, 0.4) is 0 Å². The van der Waals surface area contributed by atoms with Crippen LogP contribution < -0.4 is 4.57 Å². The molecule has 3 nitrogen and oxygen atoms in total. The molecule has 3 rings (SSSR count). The van der Waals surface area contributed by atoms with Crippen molar-refractivity contribution < 1.29 is 8.98 Å². The van der Waals surface area contributed by atoms with Crippen molar-refractivity contribution >= 4 is 22.7 Å². The van der Waals surface area contributed by atoms with Crippen molar-refractivity contribution in [2.24, 2.45) is 0 Å². The molecular weight excluding hydrogens is 248 g/mol. The van der Waals surface area contributed by atoms with Gasteiger partial charge in [-0.2, -0.15) is 0 Å². The maximum absolute atomic E-state index is 5.93. The average Bonchev–Trinajstić information content (AvgIpc) is 2.81. The molecule has 0 saturated heterocycles. The Balaban J connectivity index is 2.07. The van der Waals surface area contributed by atoms with Crippen molar-refractivity contribution in [2.45, 2.75) is 13.5 Å². The Hall–Kier alpha value is -1.87. The van der Waals surface area contributed by atoms with Crippen LogP contribution in [-0.2, 0) is 6.54 Å². The summed E-state index contributed by atoms with van der Waals surface area (Å²) in [6, 6.07) is 9.43. The van der Waals surface area contributed by atoms with Crippen LogP contribution in [0.4, 0.5) is 0 Å². The Kier molecular flexibility index (Phi) is 2.76. The lowest BCUT2D eigenvalue weighted by molar-refractivity contribution is -0.693. The van der Waals surface area contributed by atoms with E-state index in [2.05, 4.69) is 16.5 Å². The summed E-state index contributed by atoms with van der Waals surface area (Å²) in [5.41, 5.74) is 2.50. The van der Waals surface area contributed by atoms with E-state index in [0.29, 0.717) is 10.9 Å². The molecule has 2 aromatic heterocycles. The zero-order chi connectivity index (χ0) is 12.5. The molecule has 0 aliphatic rings. The van der Waals surface area contributed by atoms with Crippen molar-refractivity contribution in [2.75, 3.05) is 0 Å². The fourth-order valence-electron chi connectivity index (χ4n) is 1.83. The second-order valence-electron chi connectivity index (χ2n) is 4.05. The van der Waals surface area contributed by atoms with E-state index >= 15 is 0 Å². The van der Waals surface area contributed by atoms with Crippen molar-refractivity contribution in [3.05, 3.63) is 47.7 Å². The van der Waals surface area contributed by atoms with Gasteiger partial charge in [0, 0.05) is 22.7 Å². The van der Waals surface area contributed by atoms with Crippen LogP contribution in [0, 0.1) is 0 Å². The Morgan fingerprint density at radius 2 is 2.00 bits per heavy atom. The summed E-state index contributed by atoms with van der Waals surface area (Å²) in [7, 11) is 0. The number of nitrogens with zero attached hydrogens (tertiary/aromatic N) is 2. The van der Waals surface area contributed by atoms with E-state index in [-0.39, 0.29) is 0 Å². The van der Waals surface area contributed by atoms with E-state index < -0.39 is 0 Å². The second kappa shape index (κ2) is 4.42. The molecule has 3 aromatic rings. The fourth-order valence-corrected chi connectivity index (χ4v) is 2.00. The molecule has 0 amide bonds. The highest BCUT2D eigenvalue weighted by Crippen LogP contribution is 2.25. The van der Waals surface area contributed by atoms with E-state index in [1.807, 2.05) is 30.6 Å². The van der Waals surface area contributed by atoms with Gasteiger partial charge in [-0.3, -0.25) is 0 Å². The lowest BCUT2D eigenvalue weighted by Crippen LogP contribution is -2.30. The van der Waals surface area contributed by atoms with Gasteiger partial charge in [-0.1, -0.05) is 11.6 Å². The van der Waals surface area contributed by atoms with Gasteiger partial charge in [0.05, 0.1) is 0 Å². The first-order valence-corrected chi connectivity index (χ1v) is 6.19. The minimum Gasteiger partial charge on any atom is -0.436 e. The van der Waals surface area contributed by atoms with E-state index in [9.17, 15) is 0 Å². The van der Waals surface area contributed by atoms with Crippen molar-refractivity contribution in [3.63, 3.8) is 0 Å². The summed E-state index contributed by atoms with van der Waals surface area (Å²) < 4.78 is 7.79. The van der Waals surface area contributed by atoms with Crippen LogP contribution in [0.5, 0.6) is 0 Å². The van der Waals surface area contributed by atoms with Crippen LogP contribution in [-0.4, -0.2) is 4.98 Å². The minimum absolute atomic E-state index is 0.621. The van der Waals surface area contributed by atoms with Crippen LogP contribution in [0.1, 0.15) is 6.92 Å². The van der Waals surface area contributed by atoms with Gasteiger partial charge < -0.3 is 4.42 Å². The second-order valence-corrected chi connectivity index (χ2v) is 4.48. The number of oxazole rings is 1. The standard InChI is InChI=1S/C14H12ClN2O/c1-2-17-7-5-10(6-8-17)14-16-12-9-11(15)3-4-13(12)18-14/h3-9H,2H2,1H3/q+1. The van der Waals surface area contributed by atoms with Gasteiger partial charge in [0.15, 0.2) is 18.0 Å². The van der Waals surface area contributed by atoms with E-state index in [0.717, 1.165) is 23.2 Å². The molecule has 0 N–H and O–H groups in total. The average molecular weight is 260 g/mol. The molecule has 0 unspecified atom stereocenters. The molecule has 1 aromatic carbocycles. The van der Waals surface area contributed by atoms with Crippen LogP contribution in [0.15, 0.2) is 47.1 Å². The molecule has 0 aliphatic carbocycles. The van der Waals surface area contributed by atoms with Crippen LogP contribution in [0.25, 0.3) is 22.6 Å². The topological polar surface area (TPSA) is 29.9 Å². The van der Waals surface area contributed by atoms with Crippen LogP contribution >= 0.6 is 11.6 Å². The quantitative estimate of drug-likeness (QED) is 0.660. The van der Waals surface area contributed by atoms with Crippen molar-refractivity contribution in [1.29, 1.82) is 0 Å². The fraction of sp³-hybridized carbons (Fsp3) is 0.143. The lowest BCUT2D eigenvalue weighted by atomic mass is 10.2. The number of aryl methyl sites for hydroxylation is 1. The maximum Gasteiger partial charge on any atom is 0.227 e. The molecular formula is C14H12ClN2O+. The predicted molar refractivity (Wildman–Crippen MR) is 70.3 cm³/mol. The third kappa shape index (κ3) is 1.97. The van der Waals surface area contributed by atoms with Crippen LogP contribution in [0.2, 0.25) is 5.02 Å². The zero-order valence-corrected chi connectivity index (χ0v) is 10.7. The third-order valence-electron chi connectivity index (χ3n) is 2.85. The largest absolute Gasteiger partial charge is 0.436 e. The first-order valence-electron chi connectivity index (χ1n) is 5.82. The molecule has 18 heavy (non-hydrogen) atoms. The summed E-state index contributed by atoms with van der Waals surface area (Å²) in [5.74, 6) is 0.621. The van der Waals surface area contributed by atoms with Crippen molar-refractivity contribution in [1.82, 2.24) is 4.98 Å². The Morgan fingerprint density at radius 1 is 1.22 bits per heavy atom. The van der Waals surface area contributed by atoms with Gasteiger partial charge in [0.25, 0.3) is 0 Å². The molecule has 90 valence electrons. The van der Waals surface area contributed by atoms with Gasteiger partial charge in [0.2, 0.25) is 5.89 Å². The number of rotatable bonds is 2. The van der Waals surface area contributed by atoms with E-state index in [1.165, 1.54) is 0 Å². The number of fused-ring (bicyclic) bond motifs is 1. The smallest absolute Gasteiger partial charge is 0.227 e. The summed E-state index contributed by atoms with van der Waals surface area (Å²) in [4.78, 5) is 4.44. The van der Waals surface area contributed by atoms with Gasteiger partial charge in [-0.05, 0) is 25.1 Å². The number of hydrogen-bond acceptors (Lipinski definition) is 2. The Labute approximate surface area is 110 Å². The predicted octanol–water partition coefficient (Wildman–Crippen LogP) is 3.46. The first kappa shape index (κ1) is 11.2. The molecule has 0 radical (unpaired) electrons.